The average Bonchev–Trinajstić information content (AvgIpc) is 2.53. The highest BCUT2D eigenvalue weighted by molar-refractivity contribution is 8.64. The van der Waals surface area contributed by atoms with Gasteiger partial charge < -0.3 is 9.05 Å². The van der Waals surface area contributed by atoms with E-state index in [0.717, 1.165) is 10.6 Å². The van der Waals surface area contributed by atoms with Gasteiger partial charge in [0.1, 0.15) is 10.9 Å². The third-order valence-corrected chi connectivity index (χ3v) is 9.72. The largest absolute Gasteiger partial charge is 0.336 e. The zero-order valence-electron chi connectivity index (χ0n) is 11.6. The molecule has 0 fully saturated rings. The molecule has 2 aromatic carbocycles. The Kier molecular flexibility index (Phi) is 7.19. The van der Waals surface area contributed by atoms with Crippen molar-refractivity contribution in [1.82, 2.24) is 0 Å². The van der Waals surface area contributed by atoms with Crippen molar-refractivity contribution in [3.8, 4) is 0 Å². The Morgan fingerprint density at radius 3 is 1.32 bits per heavy atom. The summed E-state index contributed by atoms with van der Waals surface area (Å²) in [7, 11) is 0. The second kappa shape index (κ2) is 8.46. The van der Waals surface area contributed by atoms with Gasteiger partial charge in [-0.25, -0.2) is 0 Å². The van der Waals surface area contributed by atoms with Gasteiger partial charge in [-0.05, 0) is 0 Å². The fourth-order valence-electron chi connectivity index (χ4n) is 1.70. The predicted octanol–water partition coefficient (Wildman–Crippen LogP) is 4.15. The van der Waals surface area contributed by atoms with Gasteiger partial charge in [0.2, 0.25) is 0 Å². The van der Waals surface area contributed by atoms with E-state index in [1.807, 2.05) is 60.7 Å². The van der Waals surface area contributed by atoms with Crippen LogP contribution >= 0.6 is 35.4 Å². The molecule has 2 rings (SSSR count). The van der Waals surface area contributed by atoms with Crippen LogP contribution in [-0.2, 0) is 32.7 Å². The molecule has 0 radical (unpaired) electrons. The number of thiol groups is 2. The van der Waals surface area contributed by atoms with Crippen molar-refractivity contribution >= 4 is 69.7 Å². The van der Waals surface area contributed by atoms with Crippen LogP contribution in [0.3, 0.4) is 0 Å². The third kappa shape index (κ3) is 5.47. The normalized spacial score (nSPS) is 16.6. The molecule has 0 aliphatic carbocycles. The second-order valence-corrected chi connectivity index (χ2v) is 16.1. The maximum atomic E-state index is 5.75. The van der Waals surface area contributed by atoms with E-state index in [4.69, 9.17) is 32.7 Å². The molecule has 0 aromatic heterocycles. The van der Waals surface area contributed by atoms with Crippen molar-refractivity contribution in [2.75, 3.05) is 13.2 Å². The average molecular weight is 406 g/mol. The van der Waals surface area contributed by atoms with Crippen LogP contribution in [0.4, 0.5) is 0 Å². The van der Waals surface area contributed by atoms with E-state index in [1.165, 1.54) is 0 Å². The first-order valence-electron chi connectivity index (χ1n) is 6.48. The van der Waals surface area contributed by atoms with Crippen molar-refractivity contribution in [1.29, 1.82) is 0 Å². The summed E-state index contributed by atoms with van der Waals surface area (Å²) in [4.78, 5) is 0. The van der Waals surface area contributed by atoms with Crippen molar-refractivity contribution in [3.63, 3.8) is 0 Å². The first-order valence-corrected chi connectivity index (χ1v) is 14.2. The van der Waals surface area contributed by atoms with E-state index >= 15 is 0 Å². The molecule has 0 saturated carbocycles. The van der Waals surface area contributed by atoms with E-state index < -0.39 is 10.9 Å². The standard InChI is InChI=1S/C14H16O2P2S4/c19-17(20,13-7-3-1-4-8-13)15-11-12-16-18(21,22)14-9-5-2-6-10-14/h1-10H,11-12H2,(H,19,20)(H,21,22). The molecule has 2 nitrogen and oxygen atoms in total. The fraction of sp³-hybridized carbons (Fsp3) is 0.143. The highest BCUT2D eigenvalue weighted by Crippen LogP contribution is 2.52. The molecule has 0 N–H and O–H groups in total. The quantitative estimate of drug-likeness (QED) is 0.409. The lowest BCUT2D eigenvalue weighted by atomic mass is 10.4. The third-order valence-electron chi connectivity index (χ3n) is 2.78. The van der Waals surface area contributed by atoms with Crippen LogP contribution in [0.25, 0.3) is 0 Å². The maximum Gasteiger partial charge on any atom is 0.145 e. The van der Waals surface area contributed by atoms with Crippen LogP contribution in [0.15, 0.2) is 60.7 Å². The summed E-state index contributed by atoms with van der Waals surface area (Å²) in [5, 5.41) is 1.86. The minimum absolute atomic E-state index is 0.349. The van der Waals surface area contributed by atoms with Crippen molar-refractivity contribution in [2.45, 2.75) is 0 Å². The van der Waals surface area contributed by atoms with Gasteiger partial charge >= 0.3 is 0 Å². The molecule has 2 atom stereocenters. The van der Waals surface area contributed by atoms with E-state index in [1.54, 1.807) is 0 Å². The van der Waals surface area contributed by atoms with Crippen molar-refractivity contribution in [2.24, 2.45) is 0 Å². The Balaban J connectivity index is 1.87. The smallest absolute Gasteiger partial charge is 0.145 e. The molecule has 118 valence electrons. The molecule has 0 saturated heterocycles. The van der Waals surface area contributed by atoms with E-state index in [-0.39, 0.29) is 0 Å². The van der Waals surface area contributed by atoms with Crippen molar-refractivity contribution in [3.05, 3.63) is 60.7 Å². The molecule has 0 aliphatic heterocycles. The van der Waals surface area contributed by atoms with Gasteiger partial charge in [-0.15, -0.1) is 24.5 Å². The Morgan fingerprint density at radius 2 is 1.00 bits per heavy atom. The van der Waals surface area contributed by atoms with Crippen LogP contribution < -0.4 is 10.6 Å². The highest BCUT2D eigenvalue weighted by Gasteiger charge is 2.17. The minimum Gasteiger partial charge on any atom is -0.336 e. The lowest BCUT2D eigenvalue weighted by Gasteiger charge is -2.19. The molecule has 2 unspecified atom stereocenters. The summed E-state index contributed by atoms with van der Waals surface area (Å²) in [5.74, 6) is 0. The maximum absolute atomic E-state index is 5.75. The number of rotatable bonds is 7. The topological polar surface area (TPSA) is 18.5 Å². The van der Waals surface area contributed by atoms with Crippen LogP contribution in [0, 0.1) is 0 Å². The fourth-order valence-corrected chi connectivity index (χ4v) is 6.21. The summed E-state index contributed by atoms with van der Waals surface area (Å²) < 4.78 is 11.5. The molecule has 0 amide bonds. The van der Waals surface area contributed by atoms with Crippen LogP contribution in [0.2, 0.25) is 0 Å². The Morgan fingerprint density at radius 1 is 0.682 bits per heavy atom. The van der Waals surface area contributed by atoms with Gasteiger partial charge in [0.05, 0.1) is 13.2 Å². The number of hydrogen-bond acceptors (Lipinski definition) is 4. The zero-order valence-corrected chi connectivity index (χ0v) is 16.8. The van der Waals surface area contributed by atoms with Crippen LogP contribution in [0.5, 0.6) is 0 Å². The van der Waals surface area contributed by atoms with Gasteiger partial charge in [-0.1, -0.05) is 84.3 Å². The molecule has 0 aliphatic rings. The summed E-state index contributed by atoms with van der Waals surface area (Å²) in [6.07, 6.45) is 0. The SMILES string of the molecule is S=P(S)(OCCOP(=S)(S)c1ccccc1)c1ccccc1. The monoisotopic (exact) mass is 406 g/mol. The second-order valence-electron chi connectivity index (χ2n) is 4.38. The lowest BCUT2D eigenvalue weighted by Crippen LogP contribution is -2.09. The van der Waals surface area contributed by atoms with Crippen molar-refractivity contribution < 1.29 is 9.05 Å². The highest BCUT2D eigenvalue weighted by atomic mass is 32.9. The Hall–Kier alpha value is 0.360. The number of hydrogen-bond donors (Lipinski definition) is 2. The molecular weight excluding hydrogens is 390 g/mol. The predicted molar refractivity (Wildman–Crippen MR) is 111 cm³/mol. The van der Waals surface area contributed by atoms with Gasteiger partial charge in [0, 0.05) is 10.6 Å². The zero-order chi connectivity index (χ0) is 16.1. The van der Waals surface area contributed by atoms with E-state index in [9.17, 15) is 0 Å². The van der Waals surface area contributed by atoms with Crippen LogP contribution in [-0.4, -0.2) is 13.2 Å². The van der Waals surface area contributed by atoms with Gasteiger partial charge in [-0.2, -0.15) is 0 Å². The van der Waals surface area contributed by atoms with E-state index in [2.05, 4.69) is 24.5 Å². The molecule has 0 spiro atoms. The van der Waals surface area contributed by atoms with Gasteiger partial charge in [0.15, 0.2) is 0 Å². The first-order chi connectivity index (χ1) is 10.4. The number of benzene rings is 2. The van der Waals surface area contributed by atoms with Gasteiger partial charge in [-0.3, -0.25) is 0 Å². The molecule has 0 bridgehead atoms. The molecule has 2 aromatic rings. The lowest BCUT2D eigenvalue weighted by molar-refractivity contribution is 0.255. The molecule has 0 heterocycles. The van der Waals surface area contributed by atoms with Gasteiger partial charge in [0.25, 0.3) is 0 Å². The Labute approximate surface area is 152 Å². The van der Waals surface area contributed by atoms with Crippen LogP contribution in [0.1, 0.15) is 0 Å². The summed E-state index contributed by atoms with van der Waals surface area (Å²) in [6, 6.07) is 19.3. The summed E-state index contributed by atoms with van der Waals surface area (Å²) >= 11 is 20.0. The van der Waals surface area contributed by atoms with E-state index in [0.29, 0.717) is 13.2 Å². The summed E-state index contributed by atoms with van der Waals surface area (Å²) in [6.45, 7) is 0.697. The first kappa shape index (κ1) is 18.7. The molecular formula is C14H16O2P2S4. The molecule has 22 heavy (non-hydrogen) atoms. The molecule has 8 heteroatoms. The minimum atomic E-state index is -2.30. The summed E-state index contributed by atoms with van der Waals surface area (Å²) in [5.41, 5.74) is -4.60. The Bertz CT molecular complexity index is 633.